The summed E-state index contributed by atoms with van der Waals surface area (Å²) < 4.78 is 21.1. The largest absolute Gasteiger partial charge is 0.484 e. The zero-order valence-electron chi connectivity index (χ0n) is 9.81. The van der Waals surface area contributed by atoms with E-state index in [1.165, 1.54) is 6.07 Å². The van der Waals surface area contributed by atoms with E-state index >= 15 is 0 Å². The van der Waals surface area contributed by atoms with Crippen LogP contribution in [0.2, 0.25) is 0 Å². The van der Waals surface area contributed by atoms with Crippen LogP contribution >= 0.6 is 15.9 Å². The molecule has 1 aromatic heterocycles. The lowest BCUT2D eigenvalue weighted by molar-refractivity contribution is 0.213. The van der Waals surface area contributed by atoms with E-state index in [-0.39, 0.29) is 11.9 Å². The molecule has 4 nitrogen and oxygen atoms in total. The van der Waals surface area contributed by atoms with E-state index in [1.54, 1.807) is 23.0 Å². The number of hydrogen-bond donors (Lipinski definition) is 1. The summed E-state index contributed by atoms with van der Waals surface area (Å²) in [4.78, 5) is 0. The van der Waals surface area contributed by atoms with Gasteiger partial charge in [0.1, 0.15) is 17.7 Å². The molecule has 0 aliphatic rings. The Kier molecular flexibility index (Phi) is 3.98. The van der Waals surface area contributed by atoms with Crippen molar-refractivity contribution < 1.29 is 9.13 Å². The highest BCUT2D eigenvalue weighted by Gasteiger charge is 2.14. The predicted molar refractivity (Wildman–Crippen MR) is 69.7 cm³/mol. The molecule has 0 aliphatic carbocycles. The van der Waals surface area contributed by atoms with Gasteiger partial charge in [-0.25, -0.2) is 4.39 Å². The van der Waals surface area contributed by atoms with Gasteiger partial charge < -0.3 is 10.5 Å². The van der Waals surface area contributed by atoms with Gasteiger partial charge in [-0.15, -0.1) is 0 Å². The van der Waals surface area contributed by atoms with Crippen molar-refractivity contribution in [2.45, 2.75) is 6.10 Å². The van der Waals surface area contributed by atoms with Crippen LogP contribution in [0.3, 0.4) is 0 Å². The lowest BCUT2D eigenvalue weighted by Crippen LogP contribution is -2.18. The second kappa shape index (κ2) is 5.49. The van der Waals surface area contributed by atoms with Crippen molar-refractivity contribution in [3.8, 4) is 5.75 Å². The van der Waals surface area contributed by atoms with Gasteiger partial charge in [0.25, 0.3) is 0 Å². The molecular formula is C12H13BrFN3O. The summed E-state index contributed by atoms with van der Waals surface area (Å²) in [6.45, 7) is 0.295. The van der Waals surface area contributed by atoms with Crippen LogP contribution in [-0.4, -0.2) is 16.3 Å². The monoisotopic (exact) mass is 313 g/mol. The highest BCUT2D eigenvalue weighted by atomic mass is 79.9. The summed E-state index contributed by atoms with van der Waals surface area (Å²) in [5.74, 6) is 0.0736. The molecule has 2 aromatic rings. The first-order valence-corrected chi connectivity index (χ1v) is 6.19. The molecule has 96 valence electrons. The maximum Gasteiger partial charge on any atom is 0.141 e. The van der Waals surface area contributed by atoms with Crippen molar-refractivity contribution in [2.75, 3.05) is 6.54 Å². The van der Waals surface area contributed by atoms with Gasteiger partial charge >= 0.3 is 0 Å². The molecule has 0 saturated carbocycles. The van der Waals surface area contributed by atoms with Crippen molar-refractivity contribution in [3.63, 3.8) is 0 Å². The molecule has 2 rings (SSSR count). The van der Waals surface area contributed by atoms with Gasteiger partial charge in [-0.2, -0.15) is 5.10 Å². The summed E-state index contributed by atoms with van der Waals surface area (Å²) in [7, 11) is 1.82. The standard InChI is InChI=1S/C12H13BrFN3O/c1-17-7-8(6-16-17)12(5-15)18-9-2-3-10(13)11(14)4-9/h2-4,6-7,12H,5,15H2,1H3. The van der Waals surface area contributed by atoms with E-state index in [0.717, 1.165) is 5.56 Å². The van der Waals surface area contributed by atoms with Crippen LogP contribution in [0.15, 0.2) is 35.1 Å². The number of aromatic nitrogens is 2. The van der Waals surface area contributed by atoms with Crippen molar-refractivity contribution >= 4 is 15.9 Å². The highest BCUT2D eigenvalue weighted by molar-refractivity contribution is 9.10. The quantitative estimate of drug-likeness (QED) is 0.943. The minimum absolute atomic E-state index is 0.295. The number of nitrogens with zero attached hydrogens (tertiary/aromatic N) is 2. The fourth-order valence-corrected chi connectivity index (χ4v) is 1.82. The van der Waals surface area contributed by atoms with Crippen molar-refractivity contribution in [1.29, 1.82) is 0 Å². The number of aryl methyl sites for hydroxylation is 1. The van der Waals surface area contributed by atoms with Gasteiger partial charge in [-0.05, 0) is 28.1 Å². The molecule has 0 fully saturated rings. The Hall–Kier alpha value is -1.40. The number of hydrogen-bond acceptors (Lipinski definition) is 3. The number of halogens is 2. The minimum atomic E-state index is -0.366. The van der Waals surface area contributed by atoms with Crippen LogP contribution in [0.4, 0.5) is 4.39 Å². The first kappa shape index (κ1) is 13.0. The maximum atomic E-state index is 13.4. The van der Waals surface area contributed by atoms with E-state index in [4.69, 9.17) is 10.5 Å². The van der Waals surface area contributed by atoms with Crippen LogP contribution < -0.4 is 10.5 Å². The molecule has 1 atom stereocenters. The molecular weight excluding hydrogens is 301 g/mol. The first-order valence-electron chi connectivity index (χ1n) is 5.40. The second-order valence-electron chi connectivity index (χ2n) is 3.87. The molecule has 0 spiro atoms. The van der Waals surface area contributed by atoms with Gasteiger partial charge in [-0.1, -0.05) is 0 Å². The minimum Gasteiger partial charge on any atom is -0.484 e. The first-order chi connectivity index (χ1) is 8.60. The Morgan fingerprint density at radius 2 is 2.33 bits per heavy atom. The number of nitrogens with two attached hydrogens (primary N) is 1. The fourth-order valence-electron chi connectivity index (χ4n) is 1.57. The second-order valence-corrected chi connectivity index (χ2v) is 4.72. The maximum absolute atomic E-state index is 13.4. The Bertz CT molecular complexity index is 544. The van der Waals surface area contributed by atoms with Crippen LogP contribution in [0, 0.1) is 5.82 Å². The van der Waals surface area contributed by atoms with Crippen LogP contribution in [0.5, 0.6) is 5.75 Å². The predicted octanol–water partition coefficient (Wildman–Crippen LogP) is 2.40. The fraction of sp³-hybridized carbons (Fsp3) is 0.250. The number of rotatable bonds is 4. The molecule has 0 radical (unpaired) electrons. The molecule has 1 aromatic carbocycles. The molecule has 6 heteroatoms. The molecule has 2 N–H and O–H groups in total. The summed E-state index contributed by atoms with van der Waals surface area (Å²) in [5.41, 5.74) is 6.53. The molecule has 0 aliphatic heterocycles. The van der Waals surface area contributed by atoms with E-state index in [2.05, 4.69) is 21.0 Å². The molecule has 1 heterocycles. The third-order valence-electron chi connectivity index (χ3n) is 2.48. The average Bonchev–Trinajstić information content (AvgIpc) is 2.77. The molecule has 0 saturated heterocycles. The average molecular weight is 314 g/mol. The van der Waals surface area contributed by atoms with Gasteiger partial charge in [0.15, 0.2) is 0 Å². The van der Waals surface area contributed by atoms with E-state index < -0.39 is 0 Å². The molecule has 0 amide bonds. The summed E-state index contributed by atoms with van der Waals surface area (Å²) in [6, 6.07) is 4.61. The number of benzene rings is 1. The third-order valence-corrected chi connectivity index (χ3v) is 3.12. The lowest BCUT2D eigenvalue weighted by atomic mass is 10.2. The van der Waals surface area contributed by atoms with E-state index in [0.29, 0.717) is 16.8 Å². The Morgan fingerprint density at radius 1 is 1.56 bits per heavy atom. The Labute approximate surface area is 113 Å². The lowest BCUT2D eigenvalue weighted by Gasteiger charge is -2.16. The Balaban J connectivity index is 2.17. The third kappa shape index (κ3) is 2.88. The van der Waals surface area contributed by atoms with Crippen molar-refractivity contribution in [1.82, 2.24) is 9.78 Å². The van der Waals surface area contributed by atoms with Crippen molar-refractivity contribution in [3.05, 3.63) is 46.4 Å². The van der Waals surface area contributed by atoms with Crippen LogP contribution in [0.1, 0.15) is 11.7 Å². The van der Waals surface area contributed by atoms with Gasteiger partial charge in [0.2, 0.25) is 0 Å². The van der Waals surface area contributed by atoms with Gasteiger partial charge in [-0.3, -0.25) is 4.68 Å². The SMILES string of the molecule is Cn1cc(C(CN)Oc2ccc(Br)c(F)c2)cn1. The van der Waals surface area contributed by atoms with Crippen LogP contribution in [-0.2, 0) is 7.05 Å². The smallest absolute Gasteiger partial charge is 0.141 e. The summed E-state index contributed by atoms with van der Waals surface area (Å²) in [5, 5.41) is 4.06. The van der Waals surface area contributed by atoms with E-state index in [9.17, 15) is 4.39 Å². The normalized spacial score (nSPS) is 12.4. The molecule has 18 heavy (non-hydrogen) atoms. The number of ether oxygens (including phenoxy) is 1. The molecule has 0 bridgehead atoms. The zero-order chi connectivity index (χ0) is 13.1. The van der Waals surface area contributed by atoms with Crippen molar-refractivity contribution in [2.24, 2.45) is 12.8 Å². The molecule has 1 unspecified atom stereocenters. The van der Waals surface area contributed by atoms with Gasteiger partial charge in [0, 0.05) is 31.4 Å². The topological polar surface area (TPSA) is 53.1 Å². The highest BCUT2D eigenvalue weighted by Crippen LogP contribution is 2.25. The summed E-state index contributed by atoms with van der Waals surface area (Å²) in [6.07, 6.45) is 3.18. The Morgan fingerprint density at radius 3 is 2.89 bits per heavy atom. The van der Waals surface area contributed by atoms with E-state index in [1.807, 2.05) is 13.2 Å². The zero-order valence-corrected chi connectivity index (χ0v) is 11.4. The summed E-state index contributed by atoms with van der Waals surface area (Å²) >= 11 is 3.09. The van der Waals surface area contributed by atoms with Crippen LogP contribution in [0.25, 0.3) is 0 Å². The van der Waals surface area contributed by atoms with Gasteiger partial charge in [0.05, 0.1) is 10.7 Å².